The zero-order valence-corrected chi connectivity index (χ0v) is 21.5. The number of para-hydroxylation sites is 5. The summed E-state index contributed by atoms with van der Waals surface area (Å²) in [6.45, 7) is 0. The number of fused-ring (bicyclic) bond motifs is 11. The molecule has 0 saturated carbocycles. The second-order valence-electron chi connectivity index (χ2n) is 10.5. The van der Waals surface area contributed by atoms with Crippen molar-refractivity contribution in [1.29, 1.82) is 0 Å². The van der Waals surface area contributed by atoms with Crippen molar-refractivity contribution in [1.82, 2.24) is 0 Å². The minimum absolute atomic E-state index is 0.601. The number of rotatable bonds is 1. The van der Waals surface area contributed by atoms with Gasteiger partial charge in [0.15, 0.2) is 0 Å². The topological polar surface area (TPSA) is 25.6 Å². The van der Waals surface area contributed by atoms with E-state index in [1.165, 1.54) is 11.1 Å². The van der Waals surface area contributed by atoms with Crippen molar-refractivity contribution in [2.45, 2.75) is 5.41 Å². The molecule has 0 atom stereocenters. The molecule has 1 aromatic heterocycles. The van der Waals surface area contributed by atoms with Crippen LogP contribution in [0.3, 0.4) is 0 Å². The Hall–Kier alpha value is -5.28. The average molecular weight is 514 g/mol. The van der Waals surface area contributed by atoms with Crippen LogP contribution in [-0.2, 0) is 5.41 Å². The summed E-state index contributed by atoms with van der Waals surface area (Å²) in [6.07, 6.45) is 0. The molecule has 0 aliphatic carbocycles. The Bertz CT molecular complexity index is 2060. The third kappa shape index (κ3) is 2.69. The number of furan rings is 1. The first kappa shape index (κ1) is 21.6. The summed E-state index contributed by atoms with van der Waals surface area (Å²) in [6, 6.07) is 49.3. The van der Waals surface area contributed by atoms with Gasteiger partial charge in [-0.1, -0.05) is 91.0 Å². The molecule has 3 nitrogen and oxygen atoms in total. The molecule has 2 aliphatic rings. The molecule has 3 heterocycles. The quantitative estimate of drug-likeness (QED) is 0.218. The Kier molecular flexibility index (Phi) is 4.26. The van der Waals surface area contributed by atoms with Gasteiger partial charge in [-0.05, 0) is 59.7 Å². The van der Waals surface area contributed by atoms with Crippen molar-refractivity contribution in [2.75, 3.05) is 4.90 Å². The van der Waals surface area contributed by atoms with Gasteiger partial charge >= 0.3 is 0 Å². The normalized spacial score (nSPS) is 14.3. The molecule has 9 rings (SSSR count). The lowest BCUT2D eigenvalue weighted by Crippen LogP contribution is -2.39. The lowest BCUT2D eigenvalue weighted by atomic mass is 9.61. The lowest BCUT2D eigenvalue weighted by Gasteiger charge is -2.48. The smallest absolute Gasteiger partial charge is 0.136 e. The molecule has 0 radical (unpaired) electrons. The molecule has 2 aliphatic heterocycles. The predicted molar refractivity (Wildman–Crippen MR) is 160 cm³/mol. The van der Waals surface area contributed by atoms with E-state index in [1.807, 2.05) is 12.1 Å². The Labute approximate surface area is 231 Å². The zero-order valence-electron chi connectivity index (χ0n) is 21.5. The zero-order chi connectivity index (χ0) is 26.3. The number of ether oxygens (including phenoxy) is 1. The summed E-state index contributed by atoms with van der Waals surface area (Å²) in [5, 5.41) is 2.16. The fourth-order valence-corrected chi connectivity index (χ4v) is 6.94. The number of benzene rings is 6. The van der Waals surface area contributed by atoms with Gasteiger partial charge in [-0.15, -0.1) is 0 Å². The molecule has 40 heavy (non-hydrogen) atoms. The highest BCUT2D eigenvalue weighted by Crippen LogP contribution is 2.63. The summed E-state index contributed by atoms with van der Waals surface area (Å²) in [7, 11) is 0. The van der Waals surface area contributed by atoms with Crippen LogP contribution in [0.5, 0.6) is 11.5 Å². The predicted octanol–water partition coefficient (Wildman–Crippen LogP) is 9.86. The van der Waals surface area contributed by atoms with E-state index in [-0.39, 0.29) is 0 Å². The minimum atomic E-state index is -0.601. The van der Waals surface area contributed by atoms with Gasteiger partial charge in [0.2, 0.25) is 0 Å². The summed E-state index contributed by atoms with van der Waals surface area (Å²) in [4.78, 5) is 2.38. The minimum Gasteiger partial charge on any atom is -0.457 e. The number of hydrogen-bond acceptors (Lipinski definition) is 3. The molecular weight excluding hydrogens is 490 g/mol. The molecule has 188 valence electrons. The van der Waals surface area contributed by atoms with Gasteiger partial charge in [-0.25, -0.2) is 0 Å². The summed E-state index contributed by atoms with van der Waals surface area (Å²) in [5.41, 5.74) is 9.22. The van der Waals surface area contributed by atoms with Gasteiger partial charge in [0.05, 0.1) is 16.8 Å². The molecule has 0 bridgehead atoms. The van der Waals surface area contributed by atoms with E-state index >= 15 is 0 Å². The Morgan fingerprint density at radius 1 is 0.450 bits per heavy atom. The van der Waals surface area contributed by atoms with Gasteiger partial charge in [0.25, 0.3) is 0 Å². The van der Waals surface area contributed by atoms with Crippen LogP contribution in [0.25, 0.3) is 21.9 Å². The first-order valence-corrected chi connectivity index (χ1v) is 13.6. The standard InChI is InChI=1S/C37H23NO2/c1-2-12-24(13-3-1)38-31-18-8-5-15-27(31)37(28-16-6-9-19-32(28)38)29-17-7-11-21-34(29)40-36-22-26-25-14-4-10-20-33(25)39-35(26)23-30(36)37/h1-23H. The molecule has 0 amide bonds. The van der Waals surface area contributed by atoms with Gasteiger partial charge < -0.3 is 14.1 Å². The van der Waals surface area contributed by atoms with Crippen LogP contribution in [0.4, 0.5) is 17.1 Å². The van der Waals surface area contributed by atoms with E-state index in [2.05, 4.69) is 132 Å². The average Bonchev–Trinajstić information content (AvgIpc) is 3.38. The van der Waals surface area contributed by atoms with Crippen LogP contribution in [0.15, 0.2) is 144 Å². The van der Waals surface area contributed by atoms with Crippen LogP contribution < -0.4 is 9.64 Å². The van der Waals surface area contributed by atoms with Crippen molar-refractivity contribution >= 4 is 39.0 Å². The van der Waals surface area contributed by atoms with E-state index in [0.717, 1.165) is 61.6 Å². The van der Waals surface area contributed by atoms with Crippen molar-refractivity contribution < 1.29 is 9.15 Å². The third-order valence-corrected chi connectivity index (χ3v) is 8.51. The molecule has 0 unspecified atom stereocenters. The van der Waals surface area contributed by atoms with Crippen molar-refractivity contribution in [3.8, 4) is 11.5 Å². The van der Waals surface area contributed by atoms with Gasteiger partial charge in [0.1, 0.15) is 22.7 Å². The Morgan fingerprint density at radius 2 is 1.07 bits per heavy atom. The van der Waals surface area contributed by atoms with Gasteiger partial charge in [0, 0.05) is 27.6 Å². The first-order valence-electron chi connectivity index (χ1n) is 13.6. The fraction of sp³-hybridized carbons (Fsp3) is 0.0270. The monoisotopic (exact) mass is 513 g/mol. The molecular formula is C37H23NO2. The number of hydrogen-bond donors (Lipinski definition) is 0. The molecule has 6 aromatic carbocycles. The summed E-state index contributed by atoms with van der Waals surface area (Å²) >= 11 is 0. The van der Waals surface area contributed by atoms with Gasteiger partial charge in [-0.3, -0.25) is 0 Å². The van der Waals surface area contributed by atoms with E-state index in [0.29, 0.717) is 0 Å². The summed E-state index contributed by atoms with van der Waals surface area (Å²) in [5.74, 6) is 1.73. The van der Waals surface area contributed by atoms with Crippen LogP contribution in [-0.4, -0.2) is 0 Å². The van der Waals surface area contributed by atoms with E-state index in [1.54, 1.807) is 0 Å². The fourth-order valence-electron chi connectivity index (χ4n) is 6.94. The largest absolute Gasteiger partial charge is 0.457 e. The van der Waals surface area contributed by atoms with Crippen molar-refractivity contribution in [3.05, 3.63) is 162 Å². The molecule has 7 aromatic rings. The number of nitrogens with zero attached hydrogens (tertiary/aromatic N) is 1. The summed E-state index contributed by atoms with van der Waals surface area (Å²) < 4.78 is 13.2. The molecule has 3 heteroatoms. The lowest BCUT2D eigenvalue weighted by molar-refractivity contribution is 0.434. The van der Waals surface area contributed by atoms with Crippen LogP contribution in [0.1, 0.15) is 22.3 Å². The van der Waals surface area contributed by atoms with Crippen LogP contribution in [0.2, 0.25) is 0 Å². The third-order valence-electron chi connectivity index (χ3n) is 8.51. The molecule has 1 spiro atoms. The maximum atomic E-state index is 6.72. The highest BCUT2D eigenvalue weighted by atomic mass is 16.5. The highest BCUT2D eigenvalue weighted by Gasteiger charge is 2.51. The van der Waals surface area contributed by atoms with Crippen LogP contribution in [0, 0.1) is 0 Å². The molecule has 0 fully saturated rings. The SMILES string of the molecule is c1ccc(N2c3ccccc3C3(c4ccccc4Oc4cc5c(cc43)oc3ccccc35)c3ccccc32)cc1. The Morgan fingerprint density at radius 3 is 1.85 bits per heavy atom. The maximum absolute atomic E-state index is 6.72. The number of anilines is 3. The van der Waals surface area contributed by atoms with Crippen molar-refractivity contribution in [3.63, 3.8) is 0 Å². The Balaban J connectivity index is 1.46. The second-order valence-corrected chi connectivity index (χ2v) is 10.5. The highest BCUT2D eigenvalue weighted by molar-refractivity contribution is 6.06. The van der Waals surface area contributed by atoms with Gasteiger partial charge in [-0.2, -0.15) is 0 Å². The second kappa shape index (κ2) is 7.87. The molecule has 0 saturated heterocycles. The van der Waals surface area contributed by atoms with E-state index < -0.39 is 5.41 Å². The van der Waals surface area contributed by atoms with E-state index in [4.69, 9.17) is 9.15 Å². The van der Waals surface area contributed by atoms with Crippen LogP contribution >= 0.6 is 0 Å². The first-order chi connectivity index (χ1) is 19.8. The van der Waals surface area contributed by atoms with E-state index in [9.17, 15) is 0 Å². The maximum Gasteiger partial charge on any atom is 0.136 e. The van der Waals surface area contributed by atoms with Crippen molar-refractivity contribution in [2.24, 2.45) is 0 Å². The molecule has 0 N–H and O–H groups in total.